The highest BCUT2D eigenvalue weighted by Gasteiger charge is 2.06. The number of aryl methyl sites for hydroxylation is 1. The molecule has 1 unspecified atom stereocenters. The van der Waals surface area contributed by atoms with Gasteiger partial charge in [0, 0.05) is 6.54 Å². The molecule has 0 radical (unpaired) electrons. The van der Waals surface area contributed by atoms with E-state index in [0.717, 1.165) is 12.8 Å². The van der Waals surface area contributed by atoms with Crippen LogP contribution in [0.5, 0.6) is 5.75 Å². The fourth-order valence-corrected chi connectivity index (χ4v) is 1.69. The highest BCUT2D eigenvalue weighted by Crippen LogP contribution is 2.12. The van der Waals surface area contributed by atoms with Crippen LogP contribution in [0, 0.1) is 0 Å². The summed E-state index contributed by atoms with van der Waals surface area (Å²) in [6.45, 7) is 4.34. The monoisotopic (exact) mass is 265 g/mol. The topological polar surface area (TPSA) is 58.6 Å². The fourth-order valence-electron chi connectivity index (χ4n) is 1.69. The van der Waals surface area contributed by atoms with Crippen LogP contribution in [-0.2, 0) is 11.2 Å². The summed E-state index contributed by atoms with van der Waals surface area (Å²) in [5.74, 6) is 0.469. The van der Waals surface area contributed by atoms with Gasteiger partial charge in [0.05, 0.1) is 6.10 Å². The van der Waals surface area contributed by atoms with Gasteiger partial charge in [-0.15, -0.1) is 0 Å². The number of nitrogens with one attached hydrogen (secondary N) is 1. The van der Waals surface area contributed by atoms with Crippen LogP contribution in [-0.4, -0.2) is 30.3 Å². The van der Waals surface area contributed by atoms with Gasteiger partial charge in [0.1, 0.15) is 5.75 Å². The number of hydrogen-bond donors (Lipinski definition) is 2. The third-order valence-electron chi connectivity index (χ3n) is 2.86. The lowest BCUT2D eigenvalue weighted by Crippen LogP contribution is -2.35. The summed E-state index contributed by atoms with van der Waals surface area (Å²) >= 11 is 0. The molecule has 0 heterocycles. The molecule has 0 aromatic heterocycles. The second kappa shape index (κ2) is 8.53. The van der Waals surface area contributed by atoms with Crippen LogP contribution < -0.4 is 10.1 Å². The number of aliphatic hydroxyl groups is 1. The minimum Gasteiger partial charge on any atom is -0.484 e. The number of rotatable bonds is 8. The largest absolute Gasteiger partial charge is 0.484 e. The van der Waals surface area contributed by atoms with Gasteiger partial charge in [0.15, 0.2) is 6.61 Å². The third-order valence-corrected chi connectivity index (χ3v) is 2.86. The van der Waals surface area contributed by atoms with E-state index in [-0.39, 0.29) is 19.1 Å². The Hall–Kier alpha value is -1.55. The number of aliphatic hydroxyl groups excluding tert-OH is 1. The second-order valence-corrected chi connectivity index (χ2v) is 4.53. The van der Waals surface area contributed by atoms with Crippen LogP contribution in [0.2, 0.25) is 0 Å². The van der Waals surface area contributed by atoms with E-state index in [1.807, 2.05) is 31.2 Å². The molecule has 0 saturated carbocycles. The van der Waals surface area contributed by atoms with Crippen molar-refractivity contribution in [2.75, 3.05) is 13.2 Å². The van der Waals surface area contributed by atoms with Gasteiger partial charge < -0.3 is 15.2 Å². The van der Waals surface area contributed by atoms with E-state index in [9.17, 15) is 9.90 Å². The van der Waals surface area contributed by atoms with Gasteiger partial charge in [-0.1, -0.05) is 32.4 Å². The molecule has 0 bridgehead atoms. The van der Waals surface area contributed by atoms with Crippen LogP contribution in [0.1, 0.15) is 32.3 Å². The zero-order chi connectivity index (χ0) is 14.1. The summed E-state index contributed by atoms with van der Waals surface area (Å²) in [4.78, 5) is 11.5. The minimum atomic E-state index is -0.474. The lowest BCUT2D eigenvalue weighted by Gasteiger charge is -2.11. The number of ether oxygens (including phenoxy) is 1. The Morgan fingerprint density at radius 3 is 2.58 bits per heavy atom. The fraction of sp³-hybridized carbons (Fsp3) is 0.533. The molecule has 19 heavy (non-hydrogen) atoms. The molecule has 1 atom stereocenters. The van der Waals surface area contributed by atoms with E-state index < -0.39 is 6.10 Å². The first-order valence-corrected chi connectivity index (χ1v) is 6.82. The molecule has 0 aliphatic carbocycles. The van der Waals surface area contributed by atoms with Crippen molar-refractivity contribution in [3.8, 4) is 5.75 Å². The van der Waals surface area contributed by atoms with E-state index in [4.69, 9.17) is 4.74 Å². The van der Waals surface area contributed by atoms with Crippen molar-refractivity contribution in [3.63, 3.8) is 0 Å². The molecular weight excluding hydrogens is 242 g/mol. The molecule has 0 aliphatic heterocycles. The van der Waals surface area contributed by atoms with Crippen molar-refractivity contribution in [1.29, 1.82) is 0 Å². The normalized spacial score (nSPS) is 11.9. The quantitative estimate of drug-likeness (QED) is 0.755. The molecule has 2 N–H and O–H groups in total. The van der Waals surface area contributed by atoms with Crippen molar-refractivity contribution in [2.45, 2.75) is 39.2 Å². The molecular formula is C15H23NO3. The second-order valence-electron chi connectivity index (χ2n) is 4.53. The molecule has 0 spiro atoms. The Morgan fingerprint density at radius 2 is 2.00 bits per heavy atom. The Bertz CT molecular complexity index is 375. The lowest BCUT2D eigenvalue weighted by atomic mass is 10.2. The molecule has 1 rings (SSSR count). The van der Waals surface area contributed by atoms with Crippen molar-refractivity contribution in [3.05, 3.63) is 29.8 Å². The first-order valence-electron chi connectivity index (χ1n) is 6.82. The average molecular weight is 265 g/mol. The maximum absolute atomic E-state index is 11.5. The highest BCUT2D eigenvalue weighted by molar-refractivity contribution is 5.77. The first-order chi connectivity index (χ1) is 9.15. The van der Waals surface area contributed by atoms with Crippen molar-refractivity contribution < 1.29 is 14.6 Å². The zero-order valence-electron chi connectivity index (χ0n) is 11.7. The number of carbonyl (C=O) groups excluding carboxylic acids is 1. The Kier molecular flexibility index (Phi) is 6.97. The summed E-state index contributed by atoms with van der Waals surface area (Å²) in [6.07, 6.45) is 2.10. The van der Waals surface area contributed by atoms with Crippen LogP contribution in [0.3, 0.4) is 0 Å². The molecule has 0 fully saturated rings. The predicted molar refractivity (Wildman–Crippen MR) is 75.2 cm³/mol. The maximum atomic E-state index is 11.5. The zero-order valence-corrected chi connectivity index (χ0v) is 11.7. The standard InChI is InChI=1S/C15H23NO3/c1-3-5-13(17)10-16-15(18)11-19-14-8-6-12(4-2)7-9-14/h6-9,13,17H,3-5,10-11H2,1-2H3,(H,16,18). The van der Waals surface area contributed by atoms with E-state index in [1.54, 1.807) is 0 Å². The average Bonchev–Trinajstić information content (AvgIpc) is 2.44. The number of hydrogen-bond acceptors (Lipinski definition) is 3. The van der Waals surface area contributed by atoms with E-state index >= 15 is 0 Å². The molecule has 1 amide bonds. The van der Waals surface area contributed by atoms with Gasteiger partial charge in [-0.3, -0.25) is 4.79 Å². The van der Waals surface area contributed by atoms with Crippen molar-refractivity contribution in [2.24, 2.45) is 0 Å². The Labute approximate surface area is 114 Å². The SMILES string of the molecule is CCCC(O)CNC(=O)COc1ccc(CC)cc1. The van der Waals surface area contributed by atoms with E-state index in [1.165, 1.54) is 5.56 Å². The predicted octanol–water partition coefficient (Wildman–Crippen LogP) is 1.91. The van der Waals surface area contributed by atoms with Gasteiger partial charge in [-0.25, -0.2) is 0 Å². The van der Waals surface area contributed by atoms with Gasteiger partial charge in [0.2, 0.25) is 0 Å². The van der Waals surface area contributed by atoms with Crippen molar-refractivity contribution in [1.82, 2.24) is 5.32 Å². The summed E-state index contributed by atoms with van der Waals surface area (Å²) in [6, 6.07) is 7.69. The number of amides is 1. The van der Waals surface area contributed by atoms with Gasteiger partial charge in [-0.05, 0) is 30.5 Å². The summed E-state index contributed by atoms with van der Waals surface area (Å²) in [7, 11) is 0. The lowest BCUT2D eigenvalue weighted by molar-refractivity contribution is -0.123. The molecule has 1 aromatic carbocycles. The minimum absolute atomic E-state index is 0.0235. The maximum Gasteiger partial charge on any atom is 0.258 e. The highest BCUT2D eigenvalue weighted by atomic mass is 16.5. The van der Waals surface area contributed by atoms with Crippen LogP contribution in [0.4, 0.5) is 0 Å². The van der Waals surface area contributed by atoms with E-state index in [0.29, 0.717) is 12.2 Å². The number of benzene rings is 1. The summed E-state index contributed by atoms with van der Waals surface area (Å²) < 4.78 is 5.37. The molecule has 4 heteroatoms. The summed E-state index contributed by atoms with van der Waals surface area (Å²) in [5.41, 5.74) is 1.24. The molecule has 0 saturated heterocycles. The molecule has 0 aliphatic rings. The smallest absolute Gasteiger partial charge is 0.258 e. The third kappa shape index (κ3) is 6.25. The Morgan fingerprint density at radius 1 is 1.32 bits per heavy atom. The van der Waals surface area contributed by atoms with Gasteiger partial charge >= 0.3 is 0 Å². The van der Waals surface area contributed by atoms with Gasteiger partial charge in [0.25, 0.3) is 5.91 Å². The van der Waals surface area contributed by atoms with Gasteiger partial charge in [-0.2, -0.15) is 0 Å². The molecule has 106 valence electrons. The van der Waals surface area contributed by atoms with Crippen LogP contribution >= 0.6 is 0 Å². The van der Waals surface area contributed by atoms with E-state index in [2.05, 4.69) is 12.2 Å². The molecule has 1 aromatic rings. The first kappa shape index (κ1) is 15.5. The molecule has 4 nitrogen and oxygen atoms in total. The van der Waals surface area contributed by atoms with Crippen LogP contribution in [0.15, 0.2) is 24.3 Å². The number of carbonyl (C=O) groups is 1. The van der Waals surface area contributed by atoms with Crippen LogP contribution in [0.25, 0.3) is 0 Å². The van der Waals surface area contributed by atoms with Crippen molar-refractivity contribution >= 4 is 5.91 Å². The Balaban J connectivity index is 2.25. The summed E-state index contributed by atoms with van der Waals surface area (Å²) in [5, 5.41) is 12.1.